The van der Waals surface area contributed by atoms with Gasteiger partial charge in [0.1, 0.15) is 0 Å². The molecule has 4 rings (SSSR count). The van der Waals surface area contributed by atoms with Crippen LogP contribution in [0.2, 0.25) is 0 Å². The number of carbonyl (C=O) groups is 1. The monoisotopic (exact) mass is 372 g/mol. The molecule has 0 spiro atoms. The molecule has 2 aromatic carbocycles. The number of nitrogens with one attached hydrogen (secondary N) is 1. The van der Waals surface area contributed by atoms with Crippen LogP contribution in [0, 0.1) is 12.8 Å². The average Bonchev–Trinajstić information content (AvgIpc) is 2.76. The maximum Gasteiger partial charge on any atom is 0.229 e. The fourth-order valence-electron chi connectivity index (χ4n) is 3.52. The first-order valence-electron chi connectivity index (χ1n) is 9.69. The van der Waals surface area contributed by atoms with Crippen molar-refractivity contribution in [1.82, 2.24) is 9.97 Å². The van der Waals surface area contributed by atoms with Gasteiger partial charge in [-0.3, -0.25) is 4.79 Å². The number of nitrogens with zero attached hydrogens (tertiary/aromatic N) is 3. The first kappa shape index (κ1) is 18.2. The number of hydrogen-bond acceptors (Lipinski definition) is 4. The number of carbonyl (C=O) groups excluding carboxylic acids is 1. The first-order chi connectivity index (χ1) is 13.7. The van der Waals surface area contributed by atoms with Crippen molar-refractivity contribution >= 4 is 17.5 Å². The molecule has 28 heavy (non-hydrogen) atoms. The van der Waals surface area contributed by atoms with E-state index in [9.17, 15) is 4.79 Å². The molecule has 1 aromatic heterocycles. The molecule has 5 heteroatoms. The van der Waals surface area contributed by atoms with Crippen LogP contribution >= 0.6 is 0 Å². The van der Waals surface area contributed by atoms with E-state index in [1.807, 2.05) is 73.9 Å². The van der Waals surface area contributed by atoms with Gasteiger partial charge in [0, 0.05) is 36.7 Å². The Kier molecular flexibility index (Phi) is 5.33. The van der Waals surface area contributed by atoms with Crippen LogP contribution in [-0.4, -0.2) is 29.0 Å². The Balaban J connectivity index is 1.42. The van der Waals surface area contributed by atoms with Gasteiger partial charge < -0.3 is 10.2 Å². The Morgan fingerprint density at radius 1 is 1.00 bits per heavy atom. The second-order valence-corrected chi connectivity index (χ2v) is 7.28. The molecule has 1 atom stereocenters. The summed E-state index contributed by atoms with van der Waals surface area (Å²) in [7, 11) is 0. The largest absolute Gasteiger partial charge is 0.340 e. The van der Waals surface area contributed by atoms with Gasteiger partial charge in [-0.25, -0.2) is 9.97 Å². The fraction of sp³-hybridized carbons (Fsp3) is 0.261. The van der Waals surface area contributed by atoms with Gasteiger partial charge in [0.25, 0.3) is 0 Å². The summed E-state index contributed by atoms with van der Waals surface area (Å²) in [4.78, 5) is 23.9. The van der Waals surface area contributed by atoms with Gasteiger partial charge >= 0.3 is 0 Å². The second kappa shape index (κ2) is 8.21. The minimum atomic E-state index is -0.0625. The maximum atomic E-state index is 12.7. The molecule has 3 aromatic rings. The number of aromatic nitrogens is 2. The Morgan fingerprint density at radius 2 is 1.71 bits per heavy atom. The highest BCUT2D eigenvalue weighted by Crippen LogP contribution is 2.23. The van der Waals surface area contributed by atoms with Gasteiger partial charge in [0.2, 0.25) is 11.9 Å². The molecule has 1 fully saturated rings. The SMILES string of the molecule is Cc1ccc(NC(=O)[C@H]2CCCN(c3ncc(-c4ccccc4)cn3)C2)cc1. The third-order valence-electron chi connectivity index (χ3n) is 5.14. The lowest BCUT2D eigenvalue weighted by atomic mass is 9.97. The zero-order chi connectivity index (χ0) is 19.3. The maximum absolute atomic E-state index is 12.7. The summed E-state index contributed by atoms with van der Waals surface area (Å²) in [5.74, 6) is 0.689. The van der Waals surface area contributed by atoms with Crippen LogP contribution in [0.1, 0.15) is 18.4 Å². The molecular weight excluding hydrogens is 348 g/mol. The lowest BCUT2D eigenvalue weighted by Gasteiger charge is -2.32. The van der Waals surface area contributed by atoms with Crippen LogP contribution < -0.4 is 10.2 Å². The molecule has 1 N–H and O–H groups in total. The molecule has 0 radical (unpaired) electrons. The molecule has 1 saturated heterocycles. The highest BCUT2D eigenvalue weighted by molar-refractivity contribution is 5.93. The van der Waals surface area contributed by atoms with Crippen molar-refractivity contribution in [2.24, 2.45) is 5.92 Å². The Bertz CT molecular complexity index is 923. The first-order valence-corrected chi connectivity index (χ1v) is 9.69. The third-order valence-corrected chi connectivity index (χ3v) is 5.14. The second-order valence-electron chi connectivity index (χ2n) is 7.28. The highest BCUT2D eigenvalue weighted by atomic mass is 16.1. The molecule has 0 saturated carbocycles. The smallest absolute Gasteiger partial charge is 0.229 e. The average molecular weight is 372 g/mol. The van der Waals surface area contributed by atoms with Crippen molar-refractivity contribution in [3.05, 3.63) is 72.6 Å². The lowest BCUT2D eigenvalue weighted by molar-refractivity contribution is -0.120. The number of anilines is 2. The van der Waals surface area contributed by atoms with E-state index >= 15 is 0 Å². The zero-order valence-electron chi connectivity index (χ0n) is 16.0. The molecule has 142 valence electrons. The molecule has 0 unspecified atom stereocenters. The van der Waals surface area contributed by atoms with Gasteiger partial charge in [0.05, 0.1) is 5.92 Å². The van der Waals surface area contributed by atoms with Crippen LogP contribution in [0.15, 0.2) is 67.0 Å². The summed E-state index contributed by atoms with van der Waals surface area (Å²) in [6, 6.07) is 18.0. The Hall–Kier alpha value is -3.21. The molecule has 2 heterocycles. The number of rotatable bonds is 4. The van der Waals surface area contributed by atoms with Crippen molar-refractivity contribution < 1.29 is 4.79 Å². The van der Waals surface area contributed by atoms with Crippen molar-refractivity contribution in [1.29, 1.82) is 0 Å². The molecule has 1 amide bonds. The highest BCUT2D eigenvalue weighted by Gasteiger charge is 2.27. The van der Waals surface area contributed by atoms with Crippen LogP contribution in [0.3, 0.4) is 0 Å². The third kappa shape index (κ3) is 4.19. The normalized spacial score (nSPS) is 16.6. The van der Waals surface area contributed by atoms with E-state index in [1.54, 1.807) is 0 Å². The van der Waals surface area contributed by atoms with Crippen LogP contribution in [0.4, 0.5) is 11.6 Å². The van der Waals surface area contributed by atoms with Gasteiger partial charge in [-0.15, -0.1) is 0 Å². The number of hydrogen-bond donors (Lipinski definition) is 1. The number of amides is 1. The Labute approximate surface area is 165 Å². The summed E-state index contributed by atoms with van der Waals surface area (Å²) in [6.07, 6.45) is 5.55. The molecule has 0 bridgehead atoms. The number of benzene rings is 2. The summed E-state index contributed by atoms with van der Waals surface area (Å²) in [5, 5.41) is 3.04. The molecule has 1 aliphatic heterocycles. The van der Waals surface area contributed by atoms with Crippen molar-refractivity contribution in [2.75, 3.05) is 23.3 Å². The van der Waals surface area contributed by atoms with Gasteiger partial charge in [-0.1, -0.05) is 48.0 Å². The molecular formula is C23H24N4O. The van der Waals surface area contributed by atoms with E-state index in [0.29, 0.717) is 12.5 Å². The van der Waals surface area contributed by atoms with E-state index in [-0.39, 0.29) is 11.8 Å². The van der Waals surface area contributed by atoms with Gasteiger partial charge in [-0.2, -0.15) is 0 Å². The molecule has 5 nitrogen and oxygen atoms in total. The lowest BCUT2D eigenvalue weighted by Crippen LogP contribution is -2.41. The number of piperidine rings is 1. The fourth-order valence-corrected chi connectivity index (χ4v) is 3.52. The van der Waals surface area contributed by atoms with E-state index < -0.39 is 0 Å². The van der Waals surface area contributed by atoms with Gasteiger partial charge in [-0.05, 0) is 37.5 Å². The van der Waals surface area contributed by atoms with Crippen molar-refractivity contribution in [2.45, 2.75) is 19.8 Å². The van der Waals surface area contributed by atoms with E-state index in [2.05, 4.69) is 20.2 Å². The predicted octanol–water partition coefficient (Wildman–Crippen LogP) is 4.31. The topological polar surface area (TPSA) is 58.1 Å². The summed E-state index contributed by atoms with van der Waals surface area (Å²) >= 11 is 0. The van der Waals surface area contributed by atoms with E-state index in [0.717, 1.165) is 36.2 Å². The van der Waals surface area contributed by atoms with Crippen molar-refractivity contribution in [3.63, 3.8) is 0 Å². The standard InChI is InChI=1S/C23H24N4O/c1-17-9-11-21(12-10-17)26-22(28)19-8-5-13-27(16-19)23-24-14-20(15-25-23)18-6-3-2-4-7-18/h2-4,6-7,9-12,14-15,19H,5,8,13,16H2,1H3,(H,26,28)/t19-/m0/s1. The predicted molar refractivity (Wildman–Crippen MR) is 112 cm³/mol. The van der Waals surface area contributed by atoms with E-state index in [4.69, 9.17) is 0 Å². The quantitative estimate of drug-likeness (QED) is 0.741. The summed E-state index contributed by atoms with van der Waals surface area (Å²) in [6.45, 7) is 3.55. The number of aryl methyl sites for hydroxylation is 1. The van der Waals surface area contributed by atoms with Crippen LogP contribution in [0.5, 0.6) is 0 Å². The minimum absolute atomic E-state index is 0.0625. The summed E-state index contributed by atoms with van der Waals surface area (Å²) in [5.41, 5.74) is 4.12. The Morgan fingerprint density at radius 3 is 2.43 bits per heavy atom. The molecule has 0 aliphatic carbocycles. The van der Waals surface area contributed by atoms with E-state index in [1.165, 1.54) is 5.56 Å². The van der Waals surface area contributed by atoms with Crippen LogP contribution in [-0.2, 0) is 4.79 Å². The minimum Gasteiger partial charge on any atom is -0.340 e. The van der Waals surface area contributed by atoms with Crippen molar-refractivity contribution in [3.8, 4) is 11.1 Å². The van der Waals surface area contributed by atoms with Crippen LogP contribution in [0.25, 0.3) is 11.1 Å². The molecule has 1 aliphatic rings. The zero-order valence-corrected chi connectivity index (χ0v) is 16.0. The summed E-state index contributed by atoms with van der Waals surface area (Å²) < 4.78 is 0. The van der Waals surface area contributed by atoms with Gasteiger partial charge in [0.15, 0.2) is 0 Å².